The van der Waals surface area contributed by atoms with Gasteiger partial charge in [0, 0.05) is 90.7 Å². The number of fused-ring (bicyclic) bond motifs is 9. The Labute approximate surface area is 558 Å². The van der Waals surface area contributed by atoms with Gasteiger partial charge in [-0.2, -0.15) is 0 Å². The molecule has 0 amide bonds. The van der Waals surface area contributed by atoms with Crippen molar-refractivity contribution in [1.29, 1.82) is 0 Å². The van der Waals surface area contributed by atoms with Gasteiger partial charge in [-0.25, -0.2) is 0 Å². The number of ether oxygens (including phenoxy) is 6. The van der Waals surface area contributed by atoms with Crippen molar-refractivity contribution in [3.8, 4) is 34.5 Å². The third-order valence-electron chi connectivity index (χ3n) is 18.4. The van der Waals surface area contributed by atoms with Crippen LogP contribution < -0.4 is 0 Å². The Hall–Kier alpha value is -8.34. The first-order chi connectivity index (χ1) is 45.0. The number of ketones is 6. The molecule has 97 heavy (non-hydrogen) atoms. The van der Waals surface area contributed by atoms with Crippen LogP contribution in [0.25, 0.3) is 0 Å². The summed E-state index contributed by atoms with van der Waals surface area (Å²) < 4.78 is 34.6. The van der Waals surface area contributed by atoms with Gasteiger partial charge in [-0.05, 0) is 150 Å². The molecule has 0 unspecified atom stereocenters. The minimum Gasteiger partial charge on any atom is -0.507 e. The SMILES string of the molecule is C.CO[C@@H]1[C@@H](OC(C)C)c2c(cc3c(c2O)C(=O)c2c(O)cc(CO)cc2C3=O)C[C@]1(C)O.CO[C@H]1[C@H](OC(C)C)c2c(cc3c(c2O)C(=O)c2c(O)cc(CO)cc2C3=O)C[C@@]1(C)O.CO[C@H]1[C@H](OC(C)C)c2c(cc3c(c2O)C(=O)c2c(O)cc(CO)cc2C3=O)C[C@@]1(C)O. The number of carbonyl (C=O) groups excluding carboxylic acids is 6. The summed E-state index contributed by atoms with van der Waals surface area (Å²) in [5.74, 6) is -6.39. The number of methoxy groups -OCH3 is 3. The van der Waals surface area contributed by atoms with Gasteiger partial charge < -0.3 is 89.7 Å². The van der Waals surface area contributed by atoms with Crippen LogP contribution >= 0.6 is 0 Å². The highest BCUT2D eigenvalue weighted by atomic mass is 16.6. The molecule has 6 aromatic carbocycles. The van der Waals surface area contributed by atoms with Crippen molar-refractivity contribution in [2.24, 2.45) is 0 Å². The van der Waals surface area contributed by atoms with E-state index in [9.17, 15) is 90.0 Å². The van der Waals surface area contributed by atoms with Crippen LogP contribution in [0, 0.1) is 0 Å². The lowest BCUT2D eigenvalue weighted by atomic mass is 9.72. The number of rotatable bonds is 12. The van der Waals surface area contributed by atoms with Crippen LogP contribution in [0.15, 0.2) is 54.6 Å². The number of phenols is 6. The molecule has 0 saturated heterocycles. The van der Waals surface area contributed by atoms with Gasteiger partial charge in [0.1, 0.15) is 71.1 Å². The zero-order valence-electron chi connectivity index (χ0n) is 54.9. The Morgan fingerprint density at radius 2 is 0.588 bits per heavy atom. The van der Waals surface area contributed by atoms with Crippen molar-refractivity contribution in [2.75, 3.05) is 21.3 Å². The van der Waals surface area contributed by atoms with Crippen LogP contribution in [-0.4, -0.2) is 171 Å². The van der Waals surface area contributed by atoms with Gasteiger partial charge in [0.05, 0.1) is 88.3 Å². The molecule has 0 aromatic heterocycles. The van der Waals surface area contributed by atoms with Crippen molar-refractivity contribution >= 4 is 34.7 Å². The number of carbonyl (C=O) groups is 6. The summed E-state index contributed by atoms with van der Waals surface area (Å²) in [5.41, 5.74) is -2.49. The standard InChI is InChI=1S/3C24H26O8.CH4/c3*1-10(2)32-22-16-12(8-24(3,30)23(22)31-4)7-14-18(20(16)28)21(29)17-13(19(14)27)5-11(9-25)6-15(17)26;/h3*5-7,10,22-23,25-26,28,30H,8-9H2,1-4H3;1H4/t3*22-,23+,24-;/m110./s1. The molecule has 0 saturated carbocycles. The second-order valence-corrected chi connectivity index (χ2v) is 26.6. The van der Waals surface area contributed by atoms with Gasteiger partial charge in [0.15, 0.2) is 17.3 Å². The fourth-order valence-electron chi connectivity index (χ4n) is 14.5. The Bertz CT molecular complexity index is 3820. The van der Waals surface area contributed by atoms with Crippen LogP contribution in [0.4, 0.5) is 0 Å². The van der Waals surface area contributed by atoms with Gasteiger partial charge in [0.25, 0.3) is 0 Å². The van der Waals surface area contributed by atoms with Gasteiger partial charge in [-0.15, -0.1) is 0 Å². The third-order valence-corrected chi connectivity index (χ3v) is 18.4. The molecule has 0 aliphatic heterocycles. The molecule has 12 rings (SSSR count). The van der Waals surface area contributed by atoms with Crippen LogP contribution in [0.1, 0.15) is 234 Å². The molecular formula is C73H82O24. The predicted molar refractivity (Wildman–Crippen MR) is 346 cm³/mol. The third kappa shape index (κ3) is 12.3. The second kappa shape index (κ2) is 26.8. The molecule has 518 valence electrons. The summed E-state index contributed by atoms with van der Waals surface area (Å²) in [6, 6.07) is 12.2. The second-order valence-electron chi connectivity index (χ2n) is 26.6. The van der Waals surface area contributed by atoms with Gasteiger partial charge in [0.2, 0.25) is 17.3 Å². The Morgan fingerprint density at radius 3 is 0.784 bits per heavy atom. The van der Waals surface area contributed by atoms with Gasteiger partial charge >= 0.3 is 0 Å². The number of hydrogen-bond acceptors (Lipinski definition) is 24. The van der Waals surface area contributed by atoms with E-state index in [1.165, 1.54) is 75.9 Å². The van der Waals surface area contributed by atoms with Crippen LogP contribution in [0.3, 0.4) is 0 Å². The molecule has 6 aromatic rings. The van der Waals surface area contributed by atoms with E-state index in [4.69, 9.17) is 28.4 Å². The van der Waals surface area contributed by atoms with E-state index in [0.717, 1.165) is 0 Å². The van der Waals surface area contributed by atoms with E-state index >= 15 is 0 Å². The Morgan fingerprint density at radius 1 is 0.371 bits per heavy atom. The molecule has 0 bridgehead atoms. The van der Waals surface area contributed by atoms with E-state index in [1.54, 1.807) is 62.3 Å². The Kier molecular flexibility index (Phi) is 20.2. The fourth-order valence-corrected chi connectivity index (χ4v) is 14.5. The molecule has 0 heterocycles. The highest BCUT2D eigenvalue weighted by molar-refractivity contribution is 6.32. The van der Waals surface area contributed by atoms with E-state index in [0.29, 0.717) is 16.7 Å². The summed E-state index contributed by atoms with van der Waals surface area (Å²) in [4.78, 5) is 79.8. The molecular weight excluding hydrogens is 1260 g/mol. The minimum absolute atomic E-state index is 0. The summed E-state index contributed by atoms with van der Waals surface area (Å²) in [5, 5.41) is 126. The maximum atomic E-state index is 13.3. The highest BCUT2D eigenvalue weighted by Gasteiger charge is 2.53. The lowest BCUT2D eigenvalue weighted by molar-refractivity contribution is -0.170. The number of aliphatic hydroxyl groups excluding tert-OH is 3. The zero-order chi connectivity index (χ0) is 70.6. The molecule has 6 aliphatic carbocycles. The topological polar surface area (TPSA) is 401 Å². The summed E-state index contributed by atoms with van der Waals surface area (Å²) in [6.45, 7) is 14.3. The predicted octanol–water partition coefficient (Wildman–Crippen LogP) is 7.10. The van der Waals surface area contributed by atoms with Gasteiger partial charge in [-0.1, -0.05) is 7.43 Å². The van der Waals surface area contributed by atoms with E-state index in [-0.39, 0.29) is 145 Å². The number of aliphatic hydroxyl groups is 6. The van der Waals surface area contributed by atoms with Crippen molar-refractivity contribution in [2.45, 2.75) is 181 Å². The summed E-state index contributed by atoms with van der Waals surface area (Å²) in [7, 11) is 4.29. The van der Waals surface area contributed by atoms with E-state index < -0.39 is 142 Å². The van der Waals surface area contributed by atoms with E-state index in [1.807, 2.05) is 0 Å². The minimum atomic E-state index is -1.36. The van der Waals surface area contributed by atoms with Crippen LogP contribution in [0.2, 0.25) is 0 Å². The first-order valence-electron chi connectivity index (χ1n) is 31.1. The molecule has 9 atom stereocenters. The monoisotopic (exact) mass is 1340 g/mol. The maximum Gasteiger partial charge on any atom is 0.201 e. The molecule has 0 fully saturated rings. The molecule has 24 heteroatoms. The van der Waals surface area contributed by atoms with Crippen molar-refractivity contribution in [1.82, 2.24) is 0 Å². The van der Waals surface area contributed by atoms with Crippen molar-refractivity contribution < 1.29 is 118 Å². The highest BCUT2D eigenvalue weighted by Crippen LogP contribution is 2.53. The number of aromatic hydroxyl groups is 6. The molecule has 6 aliphatic rings. The van der Waals surface area contributed by atoms with E-state index in [2.05, 4.69) is 0 Å². The molecule has 12 N–H and O–H groups in total. The first-order valence-corrected chi connectivity index (χ1v) is 31.1. The normalized spacial score (nSPS) is 24.1. The summed E-state index contributed by atoms with van der Waals surface area (Å²) in [6.07, 6.45) is -5.81. The molecule has 0 spiro atoms. The average Bonchev–Trinajstić information content (AvgIpc) is 0.729. The largest absolute Gasteiger partial charge is 0.507 e. The van der Waals surface area contributed by atoms with Crippen molar-refractivity contribution in [3.05, 3.63) is 171 Å². The van der Waals surface area contributed by atoms with Crippen LogP contribution in [-0.2, 0) is 67.5 Å². The first kappa shape index (κ1) is 72.9. The number of hydrogen-bond donors (Lipinski definition) is 12. The summed E-state index contributed by atoms with van der Waals surface area (Å²) >= 11 is 0. The zero-order valence-corrected chi connectivity index (χ0v) is 54.9. The number of phenolic OH excluding ortho intramolecular Hbond substituents is 6. The molecule has 0 radical (unpaired) electrons. The number of benzene rings is 6. The lowest BCUT2D eigenvalue weighted by Crippen LogP contribution is -2.51. The Balaban J connectivity index is 0.000000170. The maximum absolute atomic E-state index is 13.3. The van der Waals surface area contributed by atoms with Crippen LogP contribution in [0.5, 0.6) is 34.5 Å². The quantitative estimate of drug-likeness (QED) is 0.0580. The fraction of sp³-hybridized carbons (Fsp3) is 0.425. The van der Waals surface area contributed by atoms with Gasteiger partial charge in [-0.3, -0.25) is 28.8 Å². The smallest absolute Gasteiger partial charge is 0.201 e. The molecule has 24 nitrogen and oxygen atoms in total. The average molecular weight is 1340 g/mol. The van der Waals surface area contributed by atoms with Crippen molar-refractivity contribution in [3.63, 3.8) is 0 Å². The lowest BCUT2D eigenvalue weighted by Gasteiger charge is -2.43.